The van der Waals surface area contributed by atoms with E-state index in [-0.39, 0.29) is 0 Å². The number of rotatable bonds is 4. The molecule has 0 saturated carbocycles. The van der Waals surface area contributed by atoms with Crippen LogP contribution in [-0.2, 0) is 18.8 Å². The zero-order valence-corrected chi connectivity index (χ0v) is 13.3. The topological polar surface area (TPSA) is 17.8 Å². The number of thiophene rings is 1. The van der Waals surface area contributed by atoms with Crippen LogP contribution < -0.4 is 0 Å². The van der Waals surface area contributed by atoms with Crippen molar-refractivity contribution in [1.29, 1.82) is 0 Å². The van der Waals surface area contributed by atoms with Gasteiger partial charge < -0.3 is 4.57 Å². The average Bonchev–Trinajstić information content (AvgIpc) is 3.03. The maximum absolute atomic E-state index is 6.01. The minimum atomic E-state index is 0.441. The summed E-state index contributed by atoms with van der Waals surface area (Å²) in [5, 5.41) is 2.11. The number of aryl methyl sites for hydroxylation is 2. The summed E-state index contributed by atoms with van der Waals surface area (Å²) < 4.78 is 3.28. The molecule has 3 aromatic rings. The number of halogens is 2. The Balaban J connectivity index is 1.97. The lowest BCUT2D eigenvalue weighted by Crippen LogP contribution is -2.04. The summed E-state index contributed by atoms with van der Waals surface area (Å²) in [4.78, 5) is 5.97. The molecule has 0 aliphatic heterocycles. The SMILES string of the molecule is ClCc1nc2ccc(Br)cc2n1CCc1cccs1. The van der Waals surface area contributed by atoms with Gasteiger partial charge in [0.05, 0.1) is 16.9 Å². The first-order valence-electron chi connectivity index (χ1n) is 6.01. The fourth-order valence-corrected chi connectivity index (χ4v) is 3.43. The average molecular weight is 356 g/mol. The molecule has 5 heteroatoms. The summed E-state index contributed by atoms with van der Waals surface area (Å²) in [6.45, 7) is 0.912. The maximum atomic E-state index is 6.01. The highest BCUT2D eigenvalue weighted by molar-refractivity contribution is 9.10. The van der Waals surface area contributed by atoms with Gasteiger partial charge in [-0.1, -0.05) is 22.0 Å². The Bertz CT molecular complexity index is 691. The lowest BCUT2D eigenvalue weighted by Gasteiger charge is -2.06. The molecule has 0 spiro atoms. The van der Waals surface area contributed by atoms with Crippen LogP contribution in [0.1, 0.15) is 10.7 Å². The van der Waals surface area contributed by atoms with E-state index in [1.165, 1.54) is 4.88 Å². The summed E-state index contributed by atoms with van der Waals surface area (Å²) in [6, 6.07) is 10.4. The first-order chi connectivity index (χ1) is 9.28. The van der Waals surface area contributed by atoms with Gasteiger partial charge in [0.2, 0.25) is 0 Å². The Hall–Kier alpha value is -0.840. The second kappa shape index (κ2) is 5.65. The third-order valence-electron chi connectivity index (χ3n) is 3.07. The second-order valence-electron chi connectivity index (χ2n) is 4.28. The Morgan fingerprint density at radius 1 is 1.32 bits per heavy atom. The monoisotopic (exact) mass is 354 g/mol. The van der Waals surface area contributed by atoms with Crippen molar-refractivity contribution in [2.24, 2.45) is 0 Å². The molecule has 0 atom stereocenters. The molecule has 2 nitrogen and oxygen atoms in total. The lowest BCUT2D eigenvalue weighted by atomic mass is 10.3. The number of alkyl halides is 1. The predicted octanol–water partition coefficient (Wildman–Crippen LogP) is 4.84. The first-order valence-corrected chi connectivity index (χ1v) is 8.21. The van der Waals surface area contributed by atoms with Crippen LogP contribution in [0.5, 0.6) is 0 Å². The van der Waals surface area contributed by atoms with Crippen LogP contribution in [0.15, 0.2) is 40.2 Å². The summed E-state index contributed by atoms with van der Waals surface area (Å²) in [6.07, 6.45) is 1.01. The van der Waals surface area contributed by atoms with E-state index in [2.05, 4.69) is 49.1 Å². The number of nitrogens with zero attached hydrogens (tertiary/aromatic N) is 2. The number of benzene rings is 1. The molecule has 3 rings (SSSR count). The van der Waals surface area contributed by atoms with Gasteiger partial charge in [-0.05, 0) is 36.1 Å². The molecule has 98 valence electrons. The molecule has 1 aromatic carbocycles. The minimum absolute atomic E-state index is 0.441. The van der Waals surface area contributed by atoms with Crippen LogP contribution >= 0.6 is 38.9 Å². The van der Waals surface area contributed by atoms with Crippen LogP contribution in [0, 0.1) is 0 Å². The number of hydrogen-bond acceptors (Lipinski definition) is 2. The first kappa shape index (κ1) is 13.2. The van der Waals surface area contributed by atoms with Gasteiger partial charge in [0.15, 0.2) is 0 Å². The predicted molar refractivity (Wildman–Crippen MR) is 85.0 cm³/mol. The van der Waals surface area contributed by atoms with Gasteiger partial charge in [-0.3, -0.25) is 0 Å². The van der Waals surface area contributed by atoms with Gasteiger partial charge in [0, 0.05) is 15.9 Å². The van der Waals surface area contributed by atoms with Gasteiger partial charge in [0.1, 0.15) is 5.82 Å². The van der Waals surface area contributed by atoms with E-state index in [9.17, 15) is 0 Å². The van der Waals surface area contributed by atoms with Crippen LogP contribution in [0.25, 0.3) is 11.0 Å². The van der Waals surface area contributed by atoms with E-state index in [1.807, 2.05) is 12.1 Å². The van der Waals surface area contributed by atoms with Crippen molar-refractivity contribution in [3.8, 4) is 0 Å². The van der Waals surface area contributed by atoms with Crippen molar-refractivity contribution < 1.29 is 0 Å². The van der Waals surface area contributed by atoms with E-state index < -0.39 is 0 Å². The molecule has 2 heterocycles. The normalized spacial score (nSPS) is 11.3. The fourth-order valence-electron chi connectivity index (χ4n) is 2.17. The van der Waals surface area contributed by atoms with Crippen molar-refractivity contribution >= 4 is 49.9 Å². The van der Waals surface area contributed by atoms with Crippen LogP contribution in [0.2, 0.25) is 0 Å². The van der Waals surface area contributed by atoms with Crippen molar-refractivity contribution in [1.82, 2.24) is 9.55 Å². The lowest BCUT2D eigenvalue weighted by molar-refractivity contribution is 0.693. The molecule has 0 N–H and O–H groups in total. The van der Waals surface area contributed by atoms with Crippen molar-refractivity contribution in [3.05, 3.63) is 50.9 Å². The van der Waals surface area contributed by atoms with Gasteiger partial charge >= 0.3 is 0 Å². The molecule has 0 amide bonds. The number of imidazole rings is 1. The van der Waals surface area contributed by atoms with E-state index in [1.54, 1.807) is 11.3 Å². The zero-order valence-electron chi connectivity index (χ0n) is 10.1. The highest BCUT2D eigenvalue weighted by Gasteiger charge is 2.10. The molecular weight excluding hydrogens is 344 g/mol. The fraction of sp³-hybridized carbons (Fsp3) is 0.214. The Morgan fingerprint density at radius 2 is 2.21 bits per heavy atom. The van der Waals surface area contributed by atoms with Crippen LogP contribution in [-0.4, -0.2) is 9.55 Å². The highest BCUT2D eigenvalue weighted by atomic mass is 79.9. The summed E-state index contributed by atoms with van der Waals surface area (Å²) in [5.41, 5.74) is 2.15. The van der Waals surface area contributed by atoms with E-state index in [0.29, 0.717) is 5.88 Å². The molecule has 19 heavy (non-hydrogen) atoms. The Labute approximate surface area is 129 Å². The van der Waals surface area contributed by atoms with Gasteiger partial charge in [0.25, 0.3) is 0 Å². The van der Waals surface area contributed by atoms with E-state index in [4.69, 9.17) is 11.6 Å². The highest BCUT2D eigenvalue weighted by Crippen LogP contribution is 2.23. The molecule has 0 fully saturated rings. The quantitative estimate of drug-likeness (QED) is 0.612. The third kappa shape index (κ3) is 2.71. The Kier molecular flexibility index (Phi) is 3.91. The van der Waals surface area contributed by atoms with Gasteiger partial charge in [-0.2, -0.15) is 0 Å². The van der Waals surface area contributed by atoms with Crippen molar-refractivity contribution in [3.63, 3.8) is 0 Å². The molecule has 0 unspecified atom stereocenters. The molecule has 0 saturated heterocycles. The number of aromatic nitrogens is 2. The number of hydrogen-bond donors (Lipinski definition) is 0. The van der Waals surface area contributed by atoms with Crippen LogP contribution in [0.4, 0.5) is 0 Å². The minimum Gasteiger partial charge on any atom is -0.327 e. The second-order valence-corrected chi connectivity index (χ2v) is 6.49. The maximum Gasteiger partial charge on any atom is 0.124 e. The van der Waals surface area contributed by atoms with Crippen molar-refractivity contribution in [2.45, 2.75) is 18.8 Å². The van der Waals surface area contributed by atoms with E-state index >= 15 is 0 Å². The molecule has 0 radical (unpaired) electrons. The largest absolute Gasteiger partial charge is 0.327 e. The standard InChI is InChI=1S/C14H12BrClN2S/c15-10-3-4-12-13(8-10)18(14(9-16)17-12)6-5-11-2-1-7-19-11/h1-4,7-8H,5-6,9H2. The zero-order chi connectivity index (χ0) is 13.2. The Morgan fingerprint density at radius 3 is 2.95 bits per heavy atom. The number of fused-ring (bicyclic) bond motifs is 1. The summed E-state index contributed by atoms with van der Waals surface area (Å²) in [5.74, 6) is 1.38. The molecule has 0 aliphatic rings. The van der Waals surface area contributed by atoms with Crippen LogP contribution in [0.3, 0.4) is 0 Å². The van der Waals surface area contributed by atoms with E-state index in [0.717, 1.165) is 34.3 Å². The molecular formula is C14H12BrClN2S. The van der Waals surface area contributed by atoms with Crippen molar-refractivity contribution in [2.75, 3.05) is 0 Å². The van der Waals surface area contributed by atoms with Gasteiger partial charge in [-0.15, -0.1) is 22.9 Å². The third-order valence-corrected chi connectivity index (χ3v) is 4.74. The molecule has 0 bridgehead atoms. The smallest absolute Gasteiger partial charge is 0.124 e. The summed E-state index contributed by atoms with van der Waals surface area (Å²) >= 11 is 11.3. The van der Waals surface area contributed by atoms with Gasteiger partial charge in [-0.25, -0.2) is 4.98 Å². The molecule has 0 aliphatic carbocycles. The summed E-state index contributed by atoms with van der Waals surface area (Å²) in [7, 11) is 0. The molecule has 2 aromatic heterocycles.